The fourth-order valence-electron chi connectivity index (χ4n) is 0. The molecule has 0 aromatic rings. The lowest BCUT2D eigenvalue weighted by Crippen LogP contribution is -3.00. The number of nitrogens with two attached hydrogens (primary N) is 1. The maximum absolute atomic E-state index is 2.00. The number of hydrogen-bond donors (Lipinski definition) is 1. The van der Waals surface area contributed by atoms with E-state index >= 15 is 0 Å². The molecule has 0 aromatic heterocycles. The summed E-state index contributed by atoms with van der Waals surface area (Å²) < 4.78 is 0. The van der Waals surface area contributed by atoms with E-state index in [4.69, 9.17) is 0 Å². The predicted octanol–water partition coefficient (Wildman–Crippen LogP) is -4.19. The molecule has 1 nitrogen and oxygen atoms in total. The molecule has 0 rings (SSSR count). The van der Waals surface area contributed by atoms with Crippen LogP contribution in [0, 0.1) is 0 Å². The highest BCUT2D eigenvalue weighted by atomic mass is 127. The molecule has 0 saturated carbocycles. The van der Waals surface area contributed by atoms with Gasteiger partial charge in [-0.3, -0.25) is 0 Å². The summed E-state index contributed by atoms with van der Waals surface area (Å²) in [5, 5.41) is 2.00. The maximum Gasteiger partial charge on any atom is 0.0647 e. The van der Waals surface area contributed by atoms with E-state index in [1.165, 1.54) is 0 Å². The van der Waals surface area contributed by atoms with E-state index in [9.17, 15) is 0 Å². The molecule has 0 heterocycles. The lowest BCUT2D eigenvalue weighted by atomic mass is 11.3. The Hall–Kier alpha value is 0.690. The SMILES string of the molecule is C[NH2+]C.[I-]. The van der Waals surface area contributed by atoms with Crippen LogP contribution in [0.5, 0.6) is 0 Å². The molecule has 0 bridgehead atoms. The third-order valence-electron chi connectivity index (χ3n) is 0. The predicted molar refractivity (Wildman–Crippen MR) is 13.8 cm³/mol. The smallest absolute Gasteiger partial charge is 0.0647 e. The van der Waals surface area contributed by atoms with Crippen molar-refractivity contribution >= 4 is 0 Å². The molecule has 4 heavy (non-hydrogen) atoms. The van der Waals surface area contributed by atoms with Crippen LogP contribution in [0.2, 0.25) is 0 Å². The van der Waals surface area contributed by atoms with Gasteiger partial charge in [0.15, 0.2) is 0 Å². The molecule has 0 unspecified atom stereocenters. The summed E-state index contributed by atoms with van der Waals surface area (Å²) in [6.45, 7) is 0. The molecule has 0 spiro atoms. The summed E-state index contributed by atoms with van der Waals surface area (Å²) in [6, 6.07) is 0. The van der Waals surface area contributed by atoms with Crippen molar-refractivity contribution in [2.75, 3.05) is 14.1 Å². The summed E-state index contributed by atoms with van der Waals surface area (Å²) in [7, 11) is 4.00. The van der Waals surface area contributed by atoms with Gasteiger partial charge in [0.1, 0.15) is 0 Å². The van der Waals surface area contributed by atoms with Crippen molar-refractivity contribution < 1.29 is 29.3 Å². The van der Waals surface area contributed by atoms with Crippen LogP contribution in [-0.4, -0.2) is 14.1 Å². The Bertz CT molecular complexity index is 6.00. The normalized spacial score (nSPS) is 4.50. The van der Waals surface area contributed by atoms with Gasteiger partial charge in [-0.15, -0.1) is 0 Å². The minimum Gasteiger partial charge on any atom is -1.00 e. The lowest BCUT2D eigenvalue weighted by molar-refractivity contribution is -0.597. The standard InChI is InChI=1S/C2H7N.HI/c1-3-2;/h3H,1-2H3;1H. The van der Waals surface area contributed by atoms with Crippen LogP contribution in [0.4, 0.5) is 0 Å². The second kappa shape index (κ2) is 9.35. The first-order valence-corrected chi connectivity index (χ1v) is 1.15. The van der Waals surface area contributed by atoms with Crippen LogP contribution in [0.1, 0.15) is 0 Å². The fraction of sp³-hybridized carbons (Fsp3) is 1.00. The third kappa shape index (κ3) is 16.1. The Balaban J connectivity index is 0. The second-order valence-electron chi connectivity index (χ2n) is 0.577. The molecule has 0 aliphatic rings. The maximum atomic E-state index is 2.00. The first kappa shape index (κ1) is 8.83. The van der Waals surface area contributed by atoms with E-state index in [2.05, 4.69) is 0 Å². The van der Waals surface area contributed by atoms with Crippen molar-refractivity contribution in [2.24, 2.45) is 0 Å². The number of rotatable bonds is 0. The Morgan fingerprint density at radius 2 is 1.25 bits per heavy atom. The summed E-state index contributed by atoms with van der Waals surface area (Å²) in [5.74, 6) is 0. The van der Waals surface area contributed by atoms with Crippen LogP contribution in [0.15, 0.2) is 0 Å². The van der Waals surface area contributed by atoms with E-state index in [0.717, 1.165) is 0 Å². The lowest BCUT2D eigenvalue weighted by Gasteiger charge is -1.57. The summed E-state index contributed by atoms with van der Waals surface area (Å²) in [5.41, 5.74) is 0. The Kier molecular flexibility index (Phi) is 20.6. The molecular weight excluding hydrogens is 165 g/mol. The molecule has 0 aliphatic heterocycles. The van der Waals surface area contributed by atoms with Crippen LogP contribution < -0.4 is 29.3 Å². The first-order valence-electron chi connectivity index (χ1n) is 1.15. The van der Waals surface area contributed by atoms with Crippen molar-refractivity contribution in [1.29, 1.82) is 0 Å². The van der Waals surface area contributed by atoms with Gasteiger partial charge in [-0.2, -0.15) is 0 Å². The molecule has 0 atom stereocenters. The van der Waals surface area contributed by atoms with E-state index in [-0.39, 0.29) is 24.0 Å². The van der Waals surface area contributed by atoms with Gasteiger partial charge < -0.3 is 29.3 Å². The zero-order chi connectivity index (χ0) is 2.71. The molecule has 0 saturated heterocycles. The molecule has 0 amide bonds. The third-order valence-corrected chi connectivity index (χ3v) is 0. The Morgan fingerprint density at radius 1 is 1.25 bits per heavy atom. The molecule has 0 aliphatic carbocycles. The quantitative estimate of drug-likeness (QED) is 0.358. The largest absolute Gasteiger partial charge is 1.00 e. The molecule has 28 valence electrons. The fourth-order valence-corrected chi connectivity index (χ4v) is 0. The highest BCUT2D eigenvalue weighted by Crippen LogP contribution is 0.586. The van der Waals surface area contributed by atoms with Crippen molar-refractivity contribution in [1.82, 2.24) is 0 Å². The van der Waals surface area contributed by atoms with Crippen molar-refractivity contribution in [3.05, 3.63) is 0 Å². The second-order valence-corrected chi connectivity index (χ2v) is 0.577. The van der Waals surface area contributed by atoms with Crippen molar-refractivity contribution in [2.45, 2.75) is 0 Å². The molecule has 2 N–H and O–H groups in total. The summed E-state index contributed by atoms with van der Waals surface area (Å²) in [6.07, 6.45) is 0. The Morgan fingerprint density at radius 3 is 1.25 bits per heavy atom. The van der Waals surface area contributed by atoms with Gasteiger partial charge >= 0.3 is 0 Å². The van der Waals surface area contributed by atoms with Gasteiger partial charge in [-0.05, 0) is 0 Å². The number of halogens is 1. The van der Waals surface area contributed by atoms with Crippen molar-refractivity contribution in [3.8, 4) is 0 Å². The summed E-state index contributed by atoms with van der Waals surface area (Å²) >= 11 is 0. The summed E-state index contributed by atoms with van der Waals surface area (Å²) in [4.78, 5) is 0. The van der Waals surface area contributed by atoms with E-state index < -0.39 is 0 Å². The highest BCUT2D eigenvalue weighted by molar-refractivity contribution is 3.35. The average molecular weight is 173 g/mol. The minimum absolute atomic E-state index is 0. The van der Waals surface area contributed by atoms with Gasteiger partial charge in [-0.25, -0.2) is 0 Å². The highest BCUT2D eigenvalue weighted by Gasteiger charge is 1.29. The van der Waals surface area contributed by atoms with Crippen LogP contribution in [0.3, 0.4) is 0 Å². The monoisotopic (exact) mass is 173 g/mol. The van der Waals surface area contributed by atoms with Crippen LogP contribution in [-0.2, 0) is 0 Å². The minimum atomic E-state index is 0. The molecule has 0 radical (unpaired) electrons. The zero-order valence-corrected chi connectivity index (χ0v) is 5.11. The number of hydrogen-bond acceptors (Lipinski definition) is 0. The zero-order valence-electron chi connectivity index (χ0n) is 2.96. The van der Waals surface area contributed by atoms with Gasteiger partial charge in [0.05, 0.1) is 14.1 Å². The van der Waals surface area contributed by atoms with Gasteiger partial charge in [-0.1, -0.05) is 0 Å². The van der Waals surface area contributed by atoms with Crippen molar-refractivity contribution in [3.63, 3.8) is 0 Å². The Labute approximate surface area is 43.8 Å². The van der Waals surface area contributed by atoms with E-state index in [0.29, 0.717) is 0 Å². The van der Waals surface area contributed by atoms with Gasteiger partial charge in [0.25, 0.3) is 0 Å². The molecule has 0 fully saturated rings. The first-order chi connectivity index (χ1) is 1.41. The van der Waals surface area contributed by atoms with E-state index in [1.54, 1.807) is 0 Å². The molecule has 0 aromatic carbocycles. The average Bonchev–Trinajstić information content (AvgIpc) is 0.918. The topological polar surface area (TPSA) is 16.6 Å². The van der Waals surface area contributed by atoms with Gasteiger partial charge in [0.2, 0.25) is 0 Å². The molecule has 2 heteroatoms. The number of quaternary nitrogens is 1. The van der Waals surface area contributed by atoms with E-state index in [1.807, 2.05) is 19.4 Å². The van der Waals surface area contributed by atoms with Crippen LogP contribution >= 0.6 is 0 Å². The van der Waals surface area contributed by atoms with Crippen LogP contribution in [0.25, 0.3) is 0 Å². The van der Waals surface area contributed by atoms with Gasteiger partial charge in [0, 0.05) is 0 Å². The molecular formula is C2H8IN.